The average molecular weight is 126 g/mol. The summed E-state index contributed by atoms with van der Waals surface area (Å²) in [6.45, 7) is 6.63. The van der Waals surface area contributed by atoms with Crippen LogP contribution in [0, 0.1) is 13.8 Å². The number of hydrogen-bond donors (Lipinski definition) is 0. The second-order valence-corrected chi connectivity index (χ2v) is 4.14. The fourth-order valence-corrected chi connectivity index (χ4v) is 2.56. The molecule has 0 nitrogen and oxygen atoms in total. The summed E-state index contributed by atoms with van der Waals surface area (Å²) in [5, 5.41) is 0. The van der Waals surface area contributed by atoms with Gasteiger partial charge >= 0.3 is 0 Å². The predicted octanol–water partition coefficient (Wildman–Crippen LogP) is 2.83. The van der Waals surface area contributed by atoms with Gasteiger partial charge in [-0.05, 0) is 43.2 Å². The lowest BCUT2D eigenvalue weighted by atomic mass is 10.2. The summed E-state index contributed by atoms with van der Waals surface area (Å²) < 4.78 is 0. The molecule has 0 aliphatic heterocycles. The highest BCUT2D eigenvalue weighted by Gasteiger charge is 1.91. The summed E-state index contributed by atoms with van der Waals surface area (Å²) in [6, 6.07) is 0. The summed E-state index contributed by atoms with van der Waals surface area (Å²) >= 11 is 0. The lowest BCUT2D eigenvalue weighted by molar-refractivity contribution is 1.41. The SMILES string of the molecule is Cc1cp(C)cc1C. The van der Waals surface area contributed by atoms with E-state index < -0.39 is 0 Å². The maximum absolute atomic E-state index is 2.35. The molecule has 0 unspecified atom stereocenters. The number of hydrogen-bond acceptors (Lipinski definition) is 0. The first-order valence-electron chi connectivity index (χ1n) is 2.79. The zero-order valence-corrected chi connectivity index (χ0v) is 6.50. The Kier molecular flexibility index (Phi) is 1.44. The van der Waals surface area contributed by atoms with E-state index in [-0.39, 0.29) is 7.53 Å². The van der Waals surface area contributed by atoms with Crippen LogP contribution in [-0.2, 0) is 6.66 Å². The van der Waals surface area contributed by atoms with Gasteiger partial charge in [0.25, 0.3) is 0 Å². The van der Waals surface area contributed by atoms with Crippen molar-refractivity contribution >= 4 is 7.53 Å². The summed E-state index contributed by atoms with van der Waals surface area (Å²) in [4.78, 5) is 0. The van der Waals surface area contributed by atoms with Crippen LogP contribution in [0.5, 0.6) is 0 Å². The van der Waals surface area contributed by atoms with Crippen molar-refractivity contribution in [3.8, 4) is 0 Å². The molecule has 0 aliphatic carbocycles. The van der Waals surface area contributed by atoms with Crippen molar-refractivity contribution in [2.75, 3.05) is 0 Å². The molecular weight excluding hydrogens is 115 g/mol. The van der Waals surface area contributed by atoms with Crippen molar-refractivity contribution in [1.82, 2.24) is 0 Å². The Hall–Kier alpha value is -0.220. The molecule has 0 N–H and O–H groups in total. The smallest absolute Gasteiger partial charge is 0.0258 e. The normalized spacial score (nSPS) is 9.88. The second kappa shape index (κ2) is 1.95. The first-order chi connectivity index (χ1) is 3.70. The number of rotatable bonds is 0. The number of aryl methyl sites for hydroxylation is 3. The molecule has 0 spiro atoms. The van der Waals surface area contributed by atoms with Gasteiger partial charge < -0.3 is 0 Å². The molecule has 0 radical (unpaired) electrons. The second-order valence-electron chi connectivity index (χ2n) is 2.29. The fraction of sp³-hybridized carbons (Fsp3) is 0.429. The van der Waals surface area contributed by atoms with Gasteiger partial charge in [-0.25, -0.2) is 0 Å². The van der Waals surface area contributed by atoms with Crippen LogP contribution in [-0.4, -0.2) is 0 Å². The van der Waals surface area contributed by atoms with Gasteiger partial charge in [-0.1, -0.05) is 0 Å². The van der Waals surface area contributed by atoms with Gasteiger partial charge in [-0.15, -0.1) is 7.53 Å². The van der Waals surface area contributed by atoms with Crippen molar-refractivity contribution in [1.29, 1.82) is 0 Å². The largest absolute Gasteiger partial charge is 0.128 e. The molecule has 8 heavy (non-hydrogen) atoms. The lowest BCUT2D eigenvalue weighted by Gasteiger charge is -1.80. The van der Waals surface area contributed by atoms with Crippen LogP contribution in [0.4, 0.5) is 0 Å². The van der Waals surface area contributed by atoms with Crippen LogP contribution < -0.4 is 0 Å². The van der Waals surface area contributed by atoms with Crippen LogP contribution in [0.2, 0.25) is 0 Å². The standard InChI is InChI=1S/C7H11P/c1-6-4-8(3)5-7(6)2/h4-5H,1-3H3. The molecule has 44 valence electrons. The molecule has 1 heteroatoms. The molecule has 0 saturated carbocycles. The van der Waals surface area contributed by atoms with Crippen molar-refractivity contribution in [2.24, 2.45) is 6.66 Å². The van der Waals surface area contributed by atoms with E-state index in [1.807, 2.05) is 0 Å². The Morgan fingerprint density at radius 1 is 1.12 bits per heavy atom. The Labute approximate surface area is 51.6 Å². The van der Waals surface area contributed by atoms with Crippen molar-refractivity contribution in [2.45, 2.75) is 13.8 Å². The van der Waals surface area contributed by atoms with E-state index in [0.29, 0.717) is 0 Å². The van der Waals surface area contributed by atoms with Gasteiger partial charge in [0.1, 0.15) is 0 Å². The topological polar surface area (TPSA) is 0 Å². The van der Waals surface area contributed by atoms with Gasteiger partial charge in [0.05, 0.1) is 0 Å². The van der Waals surface area contributed by atoms with E-state index in [0.717, 1.165) is 0 Å². The predicted molar refractivity (Wildman–Crippen MR) is 39.6 cm³/mol. The van der Waals surface area contributed by atoms with Gasteiger partial charge in [-0.2, -0.15) is 0 Å². The Morgan fingerprint density at radius 3 is 1.62 bits per heavy atom. The Bertz CT molecular complexity index is 167. The van der Waals surface area contributed by atoms with Gasteiger partial charge in [0, 0.05) is 0 Å². The molecule has 0 amide bonds. The minimum absolute atomic E-state index is 0.132. The molecule has 1 aromatic rings. The highest BCUT2D eigenvalue weighted by Crippen LogP contribution is 2.27. The molecule has 1 rings (SSSR count). The third kappa shape index (κ3) is 0.952. The summed E-state index contributed by atoms with van der Waals surface area (Å²) in [5.74, 6) is 4.70. The van der Waals surface area contributed by atoms with E-state index in [2.05, 4.69) is 32.1 Å². The minimum atomic E-state index is 0.132. The van der Waals surface area contributed by atoms with Crippen LogP contribution >= 0.6 is 7.53 Å². The van der Waals surface area contributed by atoms with Crippen molar-refractivity contribution < 1.29 is 0 Å². The zero-order valence-electron chi connectivity index (χ0n) is 5.60. The molecule has 0 saturated heterocycles. The summed E-state index contributed by atoms with van der Waals surface area (Å²) in [5.41, 5.74) is 2.94. The Balaban J connectivity index is 3.14. The van der Waals surface area contributed by atoms with Crippen molar-refractivity contribution in [3.05, 3.63) is 22.7 Å². The third-order valence-corrected chi connectivity index (χ3v) is 3.01. The molecule has 0 bridgehead atoms. The highest BCUT2D eigenvalue weighted by molar-refractivity contribution is 7.46. The van der Waals surface area contributed by atoms with Crippen LogP contribution in [0.25, 0.3) is 0 Å². The minimum Gasteiger partial charge on any atom is -0.128 e. The van der Waals surface area contributed by atoms with E-state index in [1.54, 1.807) is 0 Å². The monoisotopic (exact) mass is 126 g/mol. The maximum atomic E-state index is 2.35. The van der Waals surface area contributed by atoms with Gasteiger partial charge in [0.15, 0.2) is 0 Å². The molecule has 0 fully saturated rings. The first-order valence-corrected chi connectivity index (χ1v) is 4.72. The molecular formula is C7H11P. The van der Waals surface area contributed by atoms with E-state index >= 15 is 0 Å². The van der Waals surface area contributed by atoms with E-state index in [9.17, 15) is 0 Å². The molecule has 0 aliphatic rings. The third-order valence-electron chi connectivity index (χ3n) is 1.42. The average Bonchev–Trinajstić information content (AvgIpc) is 1.85. The van der Waals surface area contributed by atoms with E-state index in [1.165, 1.54) is 11.1 Å². The van der Waals surface area contributed by atoms with Crippen LogP contribution in [0.3, 0.4) is 0 Å². The molecule has 0 atom stereocenters. The zero-order chi connectivity index (χ0) is 6.15. The maximum Gasteiger partial charge on any atom is -0.0258 e. The highest BCUT2D eigenvalue weighted by atomic mass is 31.1. The van der Waals surface area contributed by atoms with Crippen LogP contribution in [0.15, 0.2) is 11.6 Å². The molecule has 0 aromatic carbocycles. The lowest BCUT2D eigenvalue weighted by Crippen LogP contribution is -1.63. The van der Waals surface area contributed by atoms with Gasteiger partial charge in [-0.3, -0.25) is 0 Å². The first kappa shape index (κ1) is 5.91. The Morgan fingerprint density at radius 2 is 1.50 bits per heavy atom. The molecule has 1 aromatic heterocycles. The molecule has 1 heterocycles. The quantitative estimate of drug-likeness (QED) is 0.501. The summed E-state index contributed by atoms with van der Waals surface area (Å²) in [6.07, 6.45) is 0. The fourth-order valence-electron chi connectivity index (χ4n) is 0.852. The van der Waals surface area contributed by atoms with Gasteiger partial charge in [0.2, 0.25) is 0 Å². The van der Waals surface area contributed by atoms with Crippen molar-refractivity contribution in [3.63, 3.8) is 0 Å². The van der Waals surface area contributed by atoms with Crippen LogP contribution in [0.1, 0.15) is 11.1 Å². The summed E-state index contributed by atoms with van der Waals surface area (Å²) in [7, 11) is 0.132. The van der Waals surface area contributed by atoms with E-state index in [4.69, 9.17) is 0 Å².